The smallest absolute Gasteiger partial charge is 0.416 e. The monoisotopic (exact) mass is 798 g/mol. The van der Waals surface area contributed by atoms with E-state index in [2.05, 4.69) is 0 Å². The van der Waals surface area contributed by atoms with E-state index < -0.39 is 70.3 Å². The summed E-state index contributed by atoms with van der Waals surface area (Å²) >= 11 is 0. The summed E-state index contributed by atoms with van der Waals surface area (Å²) in [7, 11) is 2.18. The van der Waals surface area contributed by atoms with Crippen molar-refractivity contribution in [3.05, 3.63) is 142 Å². The summed E-state index contributed by atoms with van der Waals surface area (Å²) < 4.78 is 178. The van der Waals surface area contributed by atoms with Crippen molar-refractivity contribution in [3.63, 3.8) is 0 Å². The molecule has 0 aliphatic carbocycles. The predicted molar refractivity (Wildman–Crippen MR) is 181 cm³/mol. The Kier molecular flexibility index (Phi) is 10.2. The first kappa shape index (κ1) is 40.2. The minimum atomic E-state index is -5.37. The van der Waals surface area contributed by atoms with E-state index in [-0.39, 0.29) is 67.4 Å². The van der Waals surface area contributed by atoms with Crippen LogP contribution in [0.4, 0.5) is 52.7 Å². The van der Waals surface area contributed by atoms with Crippen LogP contribution in [-0.4, -0.2) is 24.4 Å². The molecule has 6 rings (SSSR count). The van der Waals surface area contributed by atoms with Crippen molar-refractivity contribution in [1.29, 1.82) is 0 Å². The largest absolute Gasteiger partial charge is 0.496 e. The third kappa shape index (κ3) is 7.30. The van der Waals surface area contributed by atoms with Crippen LogP contribution in [0.2, 0.25) is 0 Å². The van der Waals surface area contributed by atoms with Gasteiger partial charge in [0.2, 0.25) is 0 Å². The Morgan fingerprint density at radius 2 is 0.768 bits per heavy atom. The van der Waals surface area contributed by atoms with Crippen molar-refractivity contribution in [2.45, 2.75) is 36.9 Å². The van der Waals surface area contributed by atoms with Crippen molar-refractivity contribution < 1.29 is 72.4 Å². The van der Waals surface area contributed by atoms with Crippen molar-refractivity contribution >= 4 is 21.5 Å². The Morgan fingerprint density at radius 3 is 1.07 bits per heavy atom. The molecule has 0 saturated carbocycles. The number of hydrogen-bond donors (Lipinski definition) is 2. The van der Waals surface area contributed by atoms with Gasteiger partial charge in [0.05, 0.1) is 36.5 Å². The molecule has 0 aliphatic heterocycles. The van der Waals surface area contributed by atoms with Crippen molar-refractivity contribution in [3.8, 4) is 22.6 Å². The molecular formula is C40H26F12O4. The van der Waals surface area contributed by atoms with Crippen LogP contribution < -0.4 is 9.47 Å². The molecule has 0 spiro atoms. The second-order valence-electron chi connectivity index (χ2n) is 12.6. The summed E-state index contributed by atoms with van der Waals surface area (Å²) in [5.74, 6) is -0.658. The maximum atomic E-state index is 14.3. The zero-order valence-corrected chi connectivity index (χ0v) is 28.6. The number of aliphatic hydroxyl groups excluding tert-OH is 2. The number of hydrogen-bond acceptors (Lipinski definition) is 4. The molecule has 0 bridgehead atoms. The van der Waals surface area contributed by atoms with Crippen LogP contribution in [0.15, 0.2) is 97.1 Å². The Balaban J connectivity index is 1.69. The van der Waals surface area contributed by atoms with Crippen molar-refractivity contribution in [1.82, 2.24) is 0 Å². The van der Waals surface area contributed by atoms with E-state index in [0.717, 1.165) is 14.2 Å². The summed E-state index contributed by atoms with van der Waals surface area (Å²) in [6, 6.07) is 16.2. The van der Waals surface area contributed by atoms with Gasteiger partial charge < -0.3 is 19.7 Å². The number of ether oxygens (including phenoxy) is 2. The summed E-state index contributed by atoms with van der Waals surface area (Å²) in [5.41, 5.74) is -9.54. The van der Waals surface area contributed by atoms with Gasteiger partial charge in [-0.2, -0.15) is 52.7 Å². The lowest BCUT2D eigenvalue weighted by molar-refractivity contribution is -0.145. The summed E-state index contributed by atoms with van der Waals surface area (Å²) in [5, 5.41) is 24.4. The highest BCUT2D eigenvalue weighted by Gasteiger charge is 2.42. The van der Waals surface area contributed by atoms with Crippen LogP contribution in [0.25, 0.3) is 32.7 Å². The summed E-state index contributed by atoms with van der Waals surface area (Å²) in [6.45, 7) is 0. The lowest BCUT2D eigenvalue weighted by Crippen LogP contribution is -2.17. The van der Waals surface area contributed by atoms with Crippen LogP contribution in [0.5, 0.6) is 11.5 Å². The van der Waals surface area contributed by atoms with Crippen LogP contribution >= 0.6 is 0 Å². The maximum Gasteiger partial charge on any atom is 0.416 e. The number of benzene rings is 6. The molecule has 6 aromatic carbocycles. The van der Waals surface area contributed by atoms with Crippen molar-refractivity contribution in [2.24, 2.45) is 0 Å². The molecule has 2 atom stereocenters. The SMILES string of the molecule is COc1c([C@H](O)c2ccc(C(F)(F)F)cc2C(F)(F)F)cc2ccccc2c1-c1c(OC)c([C@H](O)c2ccc(C(F)(F)F)cc2C(F)(F)F)cc2ccccc12. The van der Waals surface area contributed by atoms with Crippen molar-refractivity contribution in [2.75, 3.05) is 14.2 Å². The molecule has 0 fully saturated rings. The standard InChI is InChI=1S/C40H26F12O4/c1-55-35-27(33(53)25-13-11-21(37(41,42)43)17-29(25)39(47,48)49)15-19-7-3-5-9-23(19)31(35)32-24-10-6-4-8-20(24)16-28(36(32)56-2)34(54)26-14-12-22(38(44,45)46)18-30(26)40(50,51)52/h3-18,33-34,53-54H,1-2H3/t33-,34-/m1/s1. The van der Waals surface area contributed by atoms with E-state index in [1.165, 1.54) is 48.5 Å². The van der Waals surface area contributed by atoms with Gasteiger partial charge in [-0.1, -0.05) is 60.7 Å². The van der Waals surface area contributed by atoms with Gasteiger partial charge in [0, 0.05) is 22.3 Å². The summed E-state index contributed by atoms with van der Waals surface area (Å²) in [4.78, 5) is 0. The zero-order chi connectivity index (χ0) is 41.1. The van der Waals surface area contributed by atoms with Gasteiger partial charge in [0.1, 0.15) is 23.7 Å². The average Bonchev–Trinajstić information content (AvgIpc) is 3.13. The van der Waals surface area contributed by atoms with E-state index >= 15 is 0 Å². The van der Waals surface area contributed by atoms with E-state index in [1.54, 1.807) is 12.1 Å². The molecule has 294 valence electrons. The van der Waals surface area contributed by atoms with Gasteiger partial charge in [0.15, 0.2) is 0 Å². The zero-order valence-electron chi connectivity index (χ0n) is 28.6. The van der Waals surface area contributed by atoms with Crippen LogP contribution in [0, 0.1) is 0 Å². The third-order valence-corrected chi connectivity index (χ3v) is 9.27. The molecule has 6 aromatic rings. The lowest BCUT2D eigenvalue weighted by atomic mass is 9.84. The topological polar surface area (TPSA) is 58.9 Å². The Labute approximate surface area is 309 Å². The highest BCUT2D eigenvalue weighted by atomic mass is 19.4. The van der Waals surface area contributed by atoms with Gasteiger partial charge in [-0.25, -0.2) is 0 Å². The first-order chi connectivity index (χ1) is 26.1. The molecule has 56 heavy (non-hydrogen) atoms. The van der Waals surface area contributed by atoms with Crippen LogP contribution in [-0.2, 0) is 24.7 Å². The quantitative estimate of drug-likeness (QED) is 0.158. The fourth-order valence-corrected chi connectivity index (χ4v) is 6.81. The number of fused-ring (bicyclic) bond motifs is 2. The van der Waals surface area contributed by atoms with Gasteiger partial charge in [-0.3, -0.25) is 0 Å². The minimum Gasteiger partial charge on any atom is -0.496 e. The molecule has 0 heterocycles. The average molecular weight is 799 g/mol. The summed E-state index contributed by atoms with van der Waals surface area (Å²) in [6.07, 6.45) is -25.7. The Hall–Kier alpha value is -5.48. The number of methoxy groups -OCH3 is 2. The lowest BCUT2D eigenvalue weighted by Gasteiger charge is -2.26. The molecule has 0 amide bonds. The molecule has 0 unspecified atom stereocenters. The first-order valence-electron chi connectivity index (χ1n) is 16.2. The predicted octanol–water partition coefficient (Wildman–Crippen LogP) is 11.9. The molecule has 0 saturated heterocycles. The Bertz CT molecular complexity index is 2280. The van der Waals surface area contributed by atoms with Gasteiger partial charge in [-0.05, 0) is 69.1 Å². The second kappa shape index (κ2) is 14.2. The number of aliphatic hydroxyl groups is 2. The van der Waals surface area contributed by atoms with E-state index in [9.17, 15) is 62.9 Å². The molecule has 4 nitrogen and oxygen atoms in total. The molecular weight excluding hydrogens is 772 g/mol. The van der Waals surface area contributed by atoms with Gasteiger partial charge in [0.25, 0.3) is 0 Å². The molecule has 0 aliphatic rings. The van der Waals surface area contributed by atoms with Crippen LogP contribution in [0.1, 0.15) is 56.7 Å². The second-order valence-corrected chi connectivity index (χ2v) is 12.6. The third-order valence-electron chi connectivity index (χ3n) is 9.27. The first-order valence-corrected chi connectivity index (χ1v) is 16.2. The Morgan fingerprint density at radius 1 is 0.429 bits per heavy atom. The molecule has 0 aromatic heterocycles. The van der Waals surface area contributed by atoms with Crippen LogP contribution in [0.3, 0.4) is 0 Å². The number of halogens is 12. The van der Waals surface area contributed by atoms with E-state index in [4.69, 9.17) is 9.47 Å². The van der Waals surface area contributed by atoms with Gasteiger partial charge in [-0.15, -0.1) is 0 Å². The highest BCUT2D eigenvalue weighted by Crippen LogP contribution is 2.53. The fourth-order valence-electron chi connectivity index (χ4n) is 6.81. The molecule has 0 radical (unpaired) electrons. The molecule has 2 N–H and O–H groups in total. The number of alkyl halides is 12. The van der Waals surface area contributed by atoms with E-state index in [1.807, 2.05) is 0 Å². The van der Waals surface area contributed by atoms with E-state index in [0.29, 0.717) is 24.3 Å². The highest BCUT2D eigenvalue weighted by molar-refractivity contribution is 6.11. The van der Waals surface area contributed by atoms with Gasteiger partial charge >= 0.3 is 24.7 Å². The number of rotatable bonds is 7. The normalized spacial score (nSPS) is 13.9. The minimum absolute atomic E-state index is 0.0225. The maximum absolute atomic E-state index is 14.3. The fraction of sp³-hybridized carbons (Fsp3) is 0.200. The molecule has 16 heteroatoms.